The molecule has 4 aromatic rings. The van der Waals surface area contributed by atoms with E-state index in [2.05, 4.69) is 5.10 Å². The van der Waals surface area contributed by atoms with Gasteiger partial charge in [-0.1, -0.05) is 24.3 Å². The number of para-hydroxylation sites is 1. The molecular weight excluding hydrogens is 332 g/mol. The van der Waals surface area contributed by atoms with Gasteiger partial charge in [0.05, 0.1) is 16.8 Å². The van der Waals surface area contributed by atoms with Crippen LogP contribution in [-0.4, -0.2) is 15.6 Å². The Morgan fingerprint density at radius 1 is 1.08 bits per heavy atom. The van der Waals surface area contributed by atoms with Crippen LogP contribution < -0.4 is 0 Å². The molecule has 0 atom stereocenters. The maximum Gasteiger partial charge on any atom is 0.195 e. The summed E-state index contributed by atoms with van der Waals surface area (Å²) >= 11 is 1.43. The van der Waals surface area contributed by atoms with E-state index in [1.165, 1.54) is 11.3 Å². The number of rotatable bonds is 5. The first-order chi connectivity index (χ1) is 12.3. The fraction of sp³-hybridized carbons (Fsp3) is 0. The summed E-state index contributed by atoms with van der Waals surface area (Å²) in [5.41, 5.74) is 2.47. The highest BCUT2D eigenvalue weighted by Crippen LogP contribution is 2.25. The summed E-state index contributed by atoms with van der Waals surface area (Å²) in [4.78, 5) is 12.9. The van der Waals surface area contributed by atoms with Crippen LogP contribution in [0.3, 0.4) is 0 Å². The van der Waals surface area contributed by atoms with E-state index >= 15 is 0 Å². The standard InChI is InChI=1S/C20H14N2O2S/c23-17(19-9-5-13-25-19)11-10-15-14-22(16-6-2-1-3-7-16)21-20(15)18-8-4-12-24-18/h1-14H/b11-10+. The van der Waals surface area contributed by atoms with Gasteiger partial charge in [-0.2, -0.15) is 5.10 Å². The fourth-order valence-corrected chi connectivity index (χ4v) is 3.14. The van der Waals surface area contributed by atoms with E-state index in [4.69, 9.17) is 4.42 Å². The fourth-order valence-electron chi connectivity index (χ4n) is 2.49. The first-order valence-corrected chi connectivity index (χ1v) is 8.64. The Hall–Kier alpha value is -3.18. The number of hydrogen-bond acceptors (Lipinski definition) is 4. The Morgan fingerprint density at radius 3 is 2.68 bits per heavy atom. The molecule has 0 radical (unpaired) electrons. The molecular formula is C20H14N2O2S. The summed E-state index contributed by atoms with van der Waals surface area (Å²) < 4.78 is 7.28. The summed E-state index contributed by atoms with van der Waals surface area (Å²) in [6.07, 6.45) is 6.86. The number of carbonyl (C=O) groups excluding carboxylic acids is 1. The molecule has 4 rings (SSSR count). The molecule has 3 heterocycles. The number of aromatic nitrogens is 2. The zero-order valence-electron chi connectivity index (χ0n) is 13.2. The van der Waals surface area contributed by atoms with Gasteiger partial charge >= 0.3 is 0 Å². The number of hydrogen-bond donors (Lipinski definition) is 0. The molecule has 0 spiro atoms. The highest BCUT2D eigenvalue weighted by Gasteiger charge is 2.13. The van der Waals surface area contributed by atoms with Crippen molar-refractivity contribution in [3.63, 3.8) is 0 Å². The Balaban J connectivity index is 1.73. The predicted molar refractivity (Wildman–Crippen MR) is 98.9 cm³/mol. The first-order valence-electron chi connectivity index (χ1n) is 7.76. The zero-order chi connectivity index (χ0) is 17.1. The van der Waals surface area contributed by atoms with E-state index in [1.807, 2.05) is 66.2 Å². The third-order valence-electron chi connectivity index (χ3n) is 3.70. The predicted octanol–water partition coefficient (Wildman–Crippen LogP) is 5.09. The lowest BCUT2D eigenvalue weighted by molar-refractivity contribution is 0.105. The molecule has 0 unspecified atom stereocenters. The van der Waals surface area contributed by atoms with Crippen molar-refractivity contribution < 1.29 is 9.21 Å². The molecule has 0 aliphatic heterocycles. The molecule has 0 aliphatic rings. The lowest BCUT2D eigenvalue weighted by Gasteiger charge is -1.98. The Labute approximate surface area is 148 Å². The largest absolute Gasteiger partial charge is 0.463 e. The lowest BCUT2D eigenvalue weighted by Crippen LogP contribution is -1.93. The van der Waals surface area contributed by atoms with Gasteiger partial charge in [-0.15, -0.1) is 11.3 Å². The quantitative estimate of drug-likeness (QED) is 0.373. The average Bonchev–Trinajstić information content (AvgIpc) is 3.41. The number of benzene rings is 1. The normalized spacial score (nSPS) is 11.2. The van der Waals surface area contributed by atoms with Crippen molar-refractivity contribution >= 4 is 23.2 Å². The molecule has 0 fully saturated rings. The van der Waals surface area contributed by atoms with Gasteiger partial charge in [0.2, 0.25) is 0 Å². The van der Waals surface area contributed by atoms with Crippen LogP contribution in [0.25, 0.3) is 23.2 Å². The molecule has 0 N–H and O–H groups in total. The maximum absolute atomic E-state index is 12.2. The minimum absolute atomic E-state index is 0.0205. The van der Waals surface area contributed by atoms with Gasteiger partial charge in [-0.05, 0) is 47.9 Å². The molecule has 4 nitrogen and oxygen atoms in total. The number of nitrogens with zero attached hydrogens (tertiary/aromatic N) is 2. The molecule has 25 heavy (non-hydrogen) atoms. The number of allylic oxidation sites excluding steroid dienone is 1. The highest BCUT2D eigenvalue weighted by atomic mass is 32.1. The summed E-state index contributed by atoms with van der Waals surface area (Å²) in [6, 6.07) is 17.2. The smallest absolute Gasteiger partial charge is 0.195 e. The van der Waals surface area contributed by atoms with Crippen LogP contribution in [0.2, 0.25) is 0 Å². The van der Waals surface area contributed by atoms with Gasteiger partial charge in [-0.3, -0.25) is 4.79 Å². The van der Waals surface area contributed by atoms with Gasteiger partial charge in [0.1, 0.15) is 5.69 Å². The van der Waals surface area contributed by atoms with Crippen LogP contribution in [0.15, 0.2) is 82.9 Å². The van der Waals surface area contributed by atoms with Crippen molar-refractivity contribution in [3.8, 4) is 17.1 Å². The monoisotopic (exact) mass is 346 g/mol. The molecule has 0 saturated heterocycles. The molecule has 0 saturated carbocycles. The van der Waals surface area contributed by atoms with E-state index in [0.717, 1.165) is 11.3 Å². The van der Waals surface area contributed by atoms with Crippen molar-refractivity contribution in [1.29, 1.82) is 0 Å². The van der Waals surface area contributed by atoms with Crippen molar-refractivity contribution in [3.05, 3.63) is 89.0 Å². The number of thiophene rings is 1. The third-order valence-corrected chi connectivity index (χ3v) is 4.58. The van der Waals surface area contributed by atoms with E-state index in [9.17, 15) is 4.79 Å². The van der Waals surface area contributed by atoms with E-state index in [-0.39, 0.29) is 5.78 Å². The minimum Gasteiger partial charge on any atom is -0.463 e. The van der Waals surface area contributed by atoms with Crippen LogP contribution in [0, 0.1) is 0 Å². The molecule has 3 aromatic heterocycles. The Bertz CT molecular complexity index is 998. The molecule has 0 aliphatic carbocycles. The summed E-state index contributed by atoms with van der Waals surface area (Å²) in [6.45, 7) is 0. The minimum atomic E-state index is -0.0205. The summed E-state index contributed by atoms with van der Waals surface area (Å²) in [7, 11) is 0. The SMILES string of the molecule is O=C(/C=C/c1cn(-c2ccccc2)nc1-c1ccco1)c1cccs1. The second kappa shape index (κ2) is 6.75. The lowest BCUT2D eigenvalue weighted by atomic mass is 10.1. The number of furan rings is 1. The second-order valence-electron chi connectivity index (χ2n) is 5.37. The molecule has 0 bridgehead atoms. The first kappa shape index (κ1) is 15.4. The van der Waals surface area contributed by atoms with Gasteiger partial charge in [0.25, 0.3) is 0 Å². The van der Waals surface area contributed by atoms with E-state index in [1.54, 1.807) is 23.1 Å². The Morgan fingerprint density at radius 2 is 1.96 bits per heavy atom. The van der Waals surface area contributed by atoms with Crippen LogP contribution in [0.5, 0.6) is 0 Å². The number of ketones is 1. The van der Waals surface area contributed by atoms with Crippen molar-refractivity contribution in [2.45, 2.75) is 0 Å². The second-order valence-corrected chi connectivity index (χ2v) is 6.31. The van der Waals surface area contributed by atoms with Crippen molar-refractivity contribution in [2.24, 2.45) is 0 Å². The molecule has 0 amide bonds. The summed E-state index contributed by atoms with van der Waals surface area (Å²) in [5.74, 6) is 0.644. The Kier molecular flexibility index (Phi) is 4.14. The van der Waals surface area contributed by atoms with Crippen LogP contribution in [0.1, 0.15) is 15.2 Å². The topological polar surface area (TPSA) is 48.0 Å². The number of carbonyl (C=O) groups is 1. The van der Waals surface area contributed by atoms with Crippen molar-refractivity contribution in [1.82, 2.24) is 9.78 Å². The van der Waals surface area contributed by atoms with Gasteiger partial charge in [-0.25, -0.2) is 4.68 Å². The van der Waals surface area contributed by atoms with Crippen LogP contribution in [0.4, 0.5) is 0 Å². The van der Waals surface area contributed by atoms with Crippen LogP contribution >= 0.6 is 11.3 Å². The third kappa shape index (κ3) is 3.22. The summed E-state index contributed by atoms with van der Waals surface area (Å²) in [5, 5.41) is 6.52. The van der Waals surface area contributed by atoms with Gasteiger partial charge < -0.3 is 4.42 Å². The highest BCUT2D eigenvalue weighted by molar-refractivity contribution is 7.12. The van der Waals surface area contributed by atoms with E-state index in [0.29, 0.717) is 16.3 Å². The van der Waals surface area contributed by atoms with Gasteiger partial charge in [0.15, 0.2) is 11.5 Å². The van der Waals surface area contributed by atoms with Gasteiger partial charge in [0, 0.05) is 11.8 Å². The van der Waals surface area contributed by atoms with E-state index < -0.39 is 0 Å². The molecule has 122 valence electrons. The zero-order valence-corrected chi connectivity index (χ0v) is 14.0. The van der Waals surface area contributed by atoms with Crippen LogP contribution in [-0.2, 0) is 0 Å². The van der Waals surface area contributed by atoms with Crippen molar-refractivity contribution in [2.75, 3.05) is 0 Å². The molecule has 1 aromatic carbocycles. The maximum atomic E-state index is 12.2. The average molecular weight is 346 g/mol. The molecule has 5 heteroatoms.